The van der Waals surface area contributed by atoms with Crippen LogP contribution in [0.1, 0.15) is 25.0 Å². The van der Waals surface area contributed by atoms with E-state index < -0.39 is 12.0 Å². The van der Waals surface area contributed by atoms with Crippen molar-refractivity contribution in [1.82, 2.24) is 5.32 Å². The molecule has 2 N–H and O–H groups in total. The summed E-state index contributed by atoms with van der Waals surface area (Å²) >= 11 is 18.3. The van der Waals surface area contributed by atoms with E-state index in [4.69, 9.17) is 44.3 Å². The number of nitrogens with one attached hydrogen (secondary N) is 1. The van der Waals surface area contributed by atoms with Gasteiger partial charge in [0.2, 0.25) is 0 Å². The lowest BCUT2D eigenvalue weighted by molar-refractivity contribution is -0.140. The monoisotopic (exact) mass is 445 g/mol. The standard InChI is InChI=1S/C20H22Cl3NO4/c1-11(2)19(20(25)26)24-9-13-7-17(27-3)18(8-15(13)22)28-10-12-4-5-14(21)16(23)6-12/h4-8,11,19,24H,9-10H2,1-3H3,(H,25,26). The Morgan fingerprint density at radius 1 is 1.07 bits per heavy atom. The topological polar surface area (TPSA) is 67.8 Å². The molecule has 0 aliphatic heterocycles. The quantitative estimate of drug-likeness (QED) is 0.537. The molecule has 2 aromatic carbocycles. The zero-order valence-electron chi connectivity index (χ0n) is 15.8. The molecule has 0 fully saturated rings. The molecule has 0 aliphatic rings. The molecule has 0 bridgehead atoms. The summed E-state index contributed by atoms with van der Waals surface area (Å²) in [7, 11) is 1.53. The Labute approximate surface area is 179 Å². The zero-order valence-corrected chi connectivity index (χ0v) is 18.0. The van der Waals surface area contributed by atoms with Crippen molar-refractivity contribution < 1.29 is 19.4 Å². The van der Waals surface area contributed by atoms with Crippen LogP contribution in [0.15, 0.2) is 30.3 Å². The average molecular weight is 447 g/mol. The molecule has 0 saturated carbocycles. The SMILES string of the molecule is COc1cc(CNC(C(=O)O)C(C)C)c(Cl)cc1OCc1ccc(Cl)c(Cl)c1. The minimum atomic E-state index is -0.903. The molecule has 2 aromatic rings. The first-order valence-corrected chi connectivity index (χ1v) is 9.75. The first-order chi connectivity index (χ1) is 13.2. The zero-order chi connectivity index (χ0) is 20.8. The number of carboxylic acids is 1. The van der Waals surface area contributed by atoms with Gasteiger partial charge in [-0.25, -0.2) is 0 Å². The molecule has 2 rings (SSSR count). The van der Waals surface area contributed by atoms with Crippen LogP contribution in [0, 0.1) is 5.92 Å². The lowest BCUT2D eigenvalue weighted by Crippen LogP contribution is -2.40. The first-order valence-electron chi connectivity index (χ1n) is 8.62. The normalized spacial score (nSPS) is 12.1. The predicted octanol–water partition coefficient (Wildman–Crippen LogP) is 5.43. The molecule has 1 unspecified atom stereocenters. The third-order valence-corrected chi connectivity index (χ3v) is 5.25. The second-order valence-electron chi connectivity index (χ2n) is 6.57. The average Bonchev–Trinajstić information content (AvgIpc) is 2.63. The fourth-order valence-electron chi connectivity index (χ4n) is 2.60. The molecule has 0 radical (unpaired) electrons. The van der Waals surface area contributed by atoms with E-state index in [9.17, 15) is 9.90 Å². The van der Waals surface area contributed by atoms with E-state index in [0.717, 1.165) is 5.56 Å². The van der Waals surface area contributed by atoms with Gasteiger partial charge in [-0.3, -0.25) is 4.79 Å². The molecule has 152 valence electrons. The van der Waals surface area contributed by atoms with Crippen molar-refractivity contribution in [3.8, 4) is 11.5 Å². The van der Waals surface area contributed by atoms with Crippen LogP contribution in [0.3, 0.4) is 0 Å². The summed E-state index contributed by atoms with van der Waals surface area (Å²) in [5, 5.41) is 13.7. The lowest BCUT2D eigenvalue weighted by atomic mass is 10.0. The summed E-state index contributed by atoms with van der Waals surface area (Å²) < 4.78 is 11.2. The number of carbonyl (C=O) groups is 1. The van der Waals surface area contributed by atoms with Gasteiger partial charge in [0.1, 0.15) is 12.6 Å². The Kier molecular flexibility index (Phi) is 8.25. The largest absolute Gasteiger partial charge is 0.493 e. The molecule has 0 saturated heterocycles. The van der Waals surface area contributed by atoms with Gasteiger partial charge < -0.3 is 19.9 Å². The van der Waals surface area contributed by atoms with Gasteiger partial charge in [0, 0.05) is 17.6 Å². The van der Waals surface area contributed by atoms with Crippen molar-refractivity contribution in [3.63, 3.8) is 0 Å². The Morgan fingerprint density at radius 2 is 1.79 bits per heavy atom. The highest BCUT2D eigenvalue weighted by molar-refractivity contribution is 6.42. The molecule has 0 aliphatic carbocycles. The van der Waals surface area contributed by atoms with Gasteiger partial charge in [-0.05, 0) is 35.2 Å². The summed E-state index contributed by atoms with van der Waals surface area (Å²) in [5.41, 5.74) is 1.56. The molecular formula is C20H22Cl3NO4. The number of halogens is 3. The van der Waals surface area contributed by atoms with E-state index in [-0.39, 0.29) is 19.1 Å². The fraction of sp³-hybridized carbons (Fsp3) is 0.350. The van der Waals surface area contributed by atoms with Crippen LogP contribution in [-0.2, 0) is 17.9 Å². The highest BCUT2D eigenvalue weighted by Gasteiger charge is 2.21. The molecule has 0 heterocycles. The minimum absolute atomic E-state index is 0.0630. The van der Waals surface area contributed by atoms with E-state index in [0.29, 0.717) is 32.1 Å². The van der Waals surface area contributed by atoms with Gasteiger partial charge >= 0.3 is 5.97 Å². The van der Waals surface area contributed by atoms with Crippen LogP contribution in [0.4, 0.5) is 0 Å². The number of hydrogen-bond acceptors (Lipinski definition) is 4. The van der Waals surface area contributed by atoms with Crippen LogP contribution < -0.4 is 14.8 Å². The number of ether oxygens (including phenoxy) is 2. The summed E-state index contributed by atoms with van der Waals surface area (Å²) in [6.45, 7) is 4.23. The molecule has 1 atom stereocenters. The van der Waals surface area contributed by atoms with Crippen molar-refractivity contribution in [2.75, 3.05) is 7.11 Å². The van der Waals surface area contributed by atoms with Crippen molar-refractivity contribution in [1.29, 1.82) is 0 Å². The van der Waals surface area contributed by atoms with Gasteiger partial charge in [0.15, 0.2) is 11.5 Å². The number of hydrogen-bond donors (Lipinski definition) is 2. The third-order valence-electron chi connectivity index (χ3n) is 4.16. The molecule has 0 amide bonds. The molecular weight excluding hydrogens is 425 g/mol. The third kappa shape index (κ3) is 5.92. The number of benzene rings is 2. The van der Waals surface area contributed by atoms with E-state index in [1.807, 2.05) is 19.9 Å². The Balaban J connectivity index is 2.13. The van der Waals surface area contributed by atoms with Crippen LogP contribution in [-0.4, -0.2) is 24.2 Å². The van der Waals surface area contributed by atoms with Crippen LogP contribution in [0.5, 0.6) is 11.5 Å². The summed E-state index contributed by atoms with van der Waals surface area (Å²) in [5.74, 6) is 0.00490. The van der Waals surface area contributed by atoms with Gasteiger partial charge in [-0.2, -0.15) is 0 Å². The highest BCUT2D eigenvalue weighted by Crippen LogP contribution is 2.34. The van der Waals surface area contributed by atoms with Crippen LogP contribution >= 0.6 is 34.8 Å². The van der Waals surface area contributed by atoms with E-state index in [1.165, 1.54) is 7.11 Å². The summed E-state index contributed by atoms with van der Waals surface area (Å²) in [4.78, 5) is 11.3. The lowest BCUT2D eigenvalue weighted by Gasteiger charge is -2.19. The maximum absolute atomic E-state index is 11.3. The first kappa shape index (κ1) is 22.6. The maximum Gasteiger partial charge on any atom is 0.320 e. The maximum atomic E-state index is 11.3. The van der Waals surface area contributed by atoms with Crippen molar-refractivity contribution >= 4 is 40.8 Å². The van der Waals surface area contributed by atoms with E-state index in [2.05, 4.69) is 5.32 Å². The van der Waals surface area contributed by atoms with Crippen molar-refractivity contribution in [2.45, 2.75) is 33.0 Å². The predicted molar refractivity (Wildman–Crippen MR) is 112 cm³/mol. The molecule has 0 spiro atoms. The van der Waals surface area contributed by atoms with Gasteiger partial charge in [-0.1, -0.05) is 54.7 Å². The van der Waals surface area contributed by atoms with E-state index >= 15 is 0 Å². The van der Waals surface area contributed by atoms with Crippen LogP contribution in [0.2, 0.25) is 15.1 Å². The van der Waals surface area contributed by atoms with Gasteiger partial charge in [-0.15, -0.1) is 0 Å². The second-order valence-corrected chi connectivity index (χ2v) is 7.79. The number of rotatable bonds is 9. The van der Waals surface area contributed by atoms with E-state index in [1.54, 1.807) is 24.3 Å². The Morgan fingerprint density at radius 3 is 2.36 bits per heavy atom. The second kappa shape index (κ2) is 10.2. The van der Waals surface area contributed by atoms with Gasteiger partial charge in [0.05, 0.1) is 17.2 Å². The Hall–Kier alpha value is -1.66. The molecule has 28 heavy (non-hydrogen) atoms. The molecule has 5 nitrogen and oxygen atoms in total. The van der Waals surface area contributed by atoms with Crippen molar-refractivity contribution in [3.05, 3.63) is 56.5 Å². The highest BCUT2D eigenvalue weighted by atomic mass is 35.5. The molecule has 8 heteroatoms. The number of carboxylic acid groups (broad SMARTS) is 1. The molecule has 0 aromatic heterocycles. The van der Waals surface area contributed by atoms with Gasteiger partial charge in [0.25, 0.3) is 0 Å². The smallest absolute Gasteiger partial charge is 0.320 e. The fourth-order valence-corrected chi connectivity index (χ4v) is 3.14. The summed E-state index contributed by atoms with van der Waals surface area (Å²) in [6.07, 6.45) is 0. The minimum Gasteiger partial charge on any atom is -0.493 e. The van der Waals surface area contributed by atoms with Crippen molar-refractivity contribution in [2.24, 2.45) is 5.92 Å². The number of methoxy groups -OCH3 is 1. The van der Waals surface area contributed by atoms with Crippen LogP contribution in [0.25, 0.3) is 0 Å². The summed E-state index contributed by atoms with van der Waals surface area (Å²) in [6, 6.07) is 7.97. The number of aliphatic carboxylic acids is 1. The Bertz CT molecular complexity index is 842.